The lowest BCUT2D eigenvalue weighted by Gasteiger charge is -2.33. The molecule has 0 unspecified atom stereocenters. The van der Waals surface area contributed by atoms with Crippen LogP contribution in [0.4, 0.5) is 0 Å². The molecule has 0 radical (unpaired) electrons. The lowest BCUT2D eigenvalue weighted by atomic mass is 9.70. The first kappa shape index (κ1) is 27.5. The van der Waals surface area contributed by atoms with Crippen LogP contribution in [0.3, 0.4) is 0 Å². The van der Waals surface area contributed by atoms with E-state index >= 15 is 0 Å². The fourth-order valence-corrected chi connectivity index (χ4v) is 7.02. The predicted octanol–water partition coefficient (Wildman–Crippen LogP) is 11.8. The van der Waals surface area contributed by atoms with Crippen LogP contribution in [0.5, 0.6) is 0 Å². The molecule has 0 spiro atoms. The lowest BCUT2D eigenvalue weighted by Crippen LogP contribution is -2.26. The van der Waals surface area contributed by atoms with Crippen molar-refractivity contribution in [2.75, 3.05) is 0 Å². The van der Waals surface area contributed by atoms with Crippen molar-refractivity contribution in [1.29, 1.82) is 0 Å². The summed E-state index contributed by atoms with van der Waals surface area (Å²) in [6, 6.07) is 16.2. The van der Waals surface area contributed by atoms with Gasteiger partial charge < -0.3 is 0 Å². The molecule has 0 amide bonds. The Morgan fingerprint density at radius 1 is 0.529 bits per heavy atom. The van der Waals surface area contributed by atoms with Crippen molar-refractivity contribution < 1.29 is 0 Å². The third kappa shape index (κ3) is 7.22. The van der Waals surface area contributed by atoms with E-state index < -0.39 is 0 Å². The molecule has 1 aliphatic rings. The van der Waals surface area contributed by atoms with Crippen LogP contribution >= 0.6 is 15.9 Å². The van der Waals surface area contributed by atoms with E-state index in [0.29, 0.717) is 0 Å². The van der Waals surface area contributed by atoms with E-state index in [4.69, 9.17) is 0 Å². The summed E-state index contributed by atoms with van der Waals surface area (Å²) < 4.78 is 1.32. The molecule has 0 nitrogen and oxygen atoms in total. The second-order valence-corrected chi connectivity index (χ2v) is 11.6. The van der Waals surface area contributed by atoms with Gasteiger partial charge in [0, 0.05) is 9.89 Å². The van der Waals surface area contributed by atoms with E-state index in [-0.39, 0.29) is 5.41 Å². The normalized spacial score (nSPS) is 13.7. The molecule has 0 N–H and O–H groups in total. The van der Waals surface area contributed by atoms with Crippen LogP contribution in [0.1, 0.15) is 141 Å². The van der Waals surface area contributed by atoms with E-state index in [1.54, 1.807) is 11.1 Å². The molecule has 2 aromatic carbocycles. The quantitative estimate of drug-likeness (QED) is 0.170. The minimum atomic E-state index is 0.191. The molecule has 0 saturated heterocycles. The van der Waals surface area contributed by atoms with Gasteiger partial charge in [0.25, 0.3) is 0 Å². The number of hydrogen-bond donors (Lipinski definition) is 0. The maximum absolute atomic E-state index is 4.00. The van der Waals surface area contributed by atoms with Crippen molar-refractivity contribution in [2.24, 2.45) is 0 Å². The van der Waals surface area contributed by atoms with Gasteiger partial charge in [-0.2, -0.15) is 0 Å². The maximum Gasteiger partial charge on any atom is 0.0226 e. The molecule has 34 heavy (non-hydrogen) atoms. The Morgan fingerprint density at radius 2 is 1.00 bits per heavy atom. The van der Waals surface area contributed by atoms with Gasteiger partial charge >= 0.3 is 0 Å². The van der Waals surface area contributed by atoms with Crippen LogP contribution in [-0.2, 0) is 5.41 Å². The van der Waals surface area contributed by atoms with Gasteiger partial charge in [-0.15, -0.1) is 0 Å². The topological polar surface area (TPSA) is 0 Å². The van der Waals surface area contributed by atoms with E-state index in [0.717, 1.165) is 0 Å². The van der Waals surface area contributed by atoms with Crippen molar-refractivity contribution in [3.05, 3.63) is 58.1 Å². The molecule has 0 fully saturated rings. The smallest absolute Gasteiger partial charge is 0.0226 e. The summed E-state index contributed by atoms with van der Waals surface area (Å²) in [5.74, 6) is 0. The molecule has 0 aromatic heterocycles. The minimum absolute atomic E-state index is 0.191. The Morgan fingerprint density at radius 3 is 1.56 bits per heavy atom. The number of halogens is 1. The summed E-state index contributed by atoms with van der Waals surface area (Å²) in [7, 11) is 0. The van der Waals surface area contributed by atoms with Crippen molar-refractivity contribution in [3.8, 4) is 11.1 Å². The van der Waals surface area contributed by atoms with Crippen molar-refractivity contribution in [3.63, 3.8) is 0 Å². The zero-order valence-electron chi connectivity index (χ0n) is 22.1. The summed E-state index contributed by atoms with van der Waals surface area (Å²) >= 11 is 4.00. The first-order valence-corrected chi connectivity index (χ1v) is 15.4. The van der Waals surface area contributed by atoms with Gasteiger partial charge in [-0.1, -0.05) is 169 Å². The molecule has 1 aliphatic carbocycles. The molecular formula is C33H49Br. The summed E-state index contributed by atoms with van der Waals surface area (Å²) in [5.41, 5.74) is 6.34. The predicted molar refractivity (Wildman–Crippen MR) is 155 cm³/mol. The number of fused-ring (bicyclic) bond motifs is 3. The molecule has 0 saturated carbocycles. The van der Waals surface area contributed by atoms with Crippen LogP contribution in [0, 0.1) is 0 Å². The zero-order chi connectivity index (χ0) is 24.1. The Bertz CT molecular complexity index is 816. The second-order valence-electron chi connectivity index (χ2n) is 10.7. The molecule has 0 heterocycles. The van der Waals surface area contributed by atoms with Crippen LogP contribution < -0.4 is 0 Å². The van der Waals surface area contributed by atoms with Gasteiger partial charge in [0.1, 0.15) is 0 Å². The van der Waals surface area contributed by atoms with Crippen molar-refractivity contribution in [1.82, 2.24) is 0 Å². The third-order valence-electron chi connectivity index (χ3n) is 8.14. The highest BCUT2D eigenvalue weighted by Gasteiger charge is 2.43. The molecular weight excluding hydrogens is 476 g/mol. The van der Waals surface area contributed by atoms with Gasteiger partial charge in [-0.05, 0) is 41.2 Å². The highest BCUT2D eigenvalue weighted by atomic mass is 79.9. The fourth-order valence-electron chi connectivity index (χ4n) is 6.27. The average molecular weight is 526 g/mol. The molecule has 2 aromatic rings. The van der Waals surface area contributed by atoms with Gasteiger partial charge in [-0.25, -0.2) is 0 Å². The van der Waals surface area contributed by atoms with E-state index in [2.05, 4.69) is 72.2 Å². The number of rotatable bonds is 18. The van der Waals surface area contributed by atoms with Gasteiger partial charge in [0.05, 0.1) is 0 Å². The monoisotopic (exact) mass is 524 g/mol. The first-order chi connectivity index (χ1) is 16.7. The van der Waals surface area contributed by atoms with Crippen LogP contribution in [-0.4, -0.2) is 0 Å². The molecule has 1 heteroatoms. The zero-order valence-corrected chi connectivity index (χ0v) is 23.7. The molecule has 0 atom stereocenters. The largest absolute Gasteiger partial charge is 0.0654 e. The average Bonchev–Trinajstić information content (AvgIpc) is 3.14. The maximum atomic E-state index is 4.00. The van der Waals surface area contributed by atoms with E-state index in [1.807, 2.05) is 0 Å². The van der Waals surface area contributed by atoms with Gasteiger partial charge in [0.15, 0.2) is 0 Å². The summed E-state index contributed by atoms with van der Waals surface area (Å²) in [4.78, 5) is 0. The number of unbranched alkanes of at least 4 members (excludes halogenated alkanes) is 14. The Balaban J connectivity index is 1.67. The standard InChI is InChI=1S/C33H49Br/c1-3-5-7-9-11-13-15-19-26-33(27-20-16-14-12-10-8-6-4-2)30-24-18-17-22-28(30)29-23-21-25-31(34)32(29)33/h17-18,21-25H,3-16,19-20,26-27H2,1-2H3. The molecule has 188 valence electrons. The third-order valence-corrected chi connectivity index (χ3v) is 8.80. The number of benzene rings is 2. The van der Waals surface area contributed by atoms with Crippen LogP contribution in [0.15, 0.2) is 46.9 Å². The number of hydrogen-bond acceptors (Lipinski definition) is 0. The molecule has 0 aliphatic heterocycles. The molecule has 3 rings (SSSR count). The minimum Gasteiger partial charge on any atom is -0.0654 e. The van der Waals surface area contributed by atoms with E-state index in [1.165, 1.54) is 131 Å². The fraction of sp³-hybridized carbons (Fsp3) is 0.636. The first-order valence-electron chi connectivity index (χ1n) is 14.6. The summed E-state index contributed by atoms with van der Waals surface area (Å²) in [6.45, 7) is 4.61. The van der Waals surface area contributed by atoms with Crippen LogP contribution in [0.2, 0.25) is 0 Å². The van der Waals surface area contributed by atoms with Gasteiger partial charge in [-0.3, -0.25) is 0 Å². The van der Waals surface area contributed by atoms with Crippen molar-refractivity contribution in [2.45, 2.75) is 135 Å². The molecule has 0 bridgehead atoms. The van der Waals surface area contributed by atoms with Crippen LogP contribution in [0.25, 0.3) is 11.1 Å². The SMILES string of the molecule is CCCCCCCCCCC1(CCCCCCCCCC)c2ccccc2-c2cccc(Br)c21. The Labute approximate surface area is 219 Å². The summed E-state index contributed by atoms with van der Waals surface area (Å²) in [6.07, 6.45) is 24.9. The van der Waals surface area contributed by atoms with Crippen molar-refractivity contribution >= 4 is 15.9 Å². The highest BCUT2D eigenvalue weighted by Crippen LogP contribution is 2.56. The second kappa shape index (κ2) is 15.1. The Hall–Kier alpha value is -1.08. The Kier molecular flexibility index (Phi) is 12.2. The van der Waals surface area contributed by atoms with E-state index in [9.17, 15) is 0 Å². The highest BCUT2D eigenvalue weighted by molar-refractivity contribution is 9.10. The summed E-state index contributed by atoms with van der Waals surface area (Å²) in [5, 5.41) is 0. The van der Waals surface area contributed by atoms with Gasteiger partial charge in [0.2, 0.25) is 0 Å². The lowest BCUT2D eigenvalue weighted by molar-refractivity contribution is 0.396.